The van der Waals surface area contributed by atoms with E-state index in [4.69, 9.17) is 0 Å². The molecule has 0 aliphatic carbocycles. The molecule has 1 amide bonds. The van der Waals surface area contributed by atoms with Gasteiger partial charge in [-0.3, -0.25) is 4.79 Å². The SMILES string of the molecule is O=C(/C=C/c1cccc(C(F)(F)F)c1)N1CCN(c2ccccc2)CC1. The molecule has 136 valence electrons. The Morgan fingerprint density at radius 2 is 1.62 bits per heavy atom. The Morgan fingerprint density at radius 3 is 2.27 bits per heavy atom. The third-order valence-corrected chi connectivity index (χ3v) is 4.34. The Bertz CT molecular complexity index is 779. The number of halogens is 3. The van der Waals surface area contributed by atoms with E-state index in [1.807, 2.05) is 30.3 Å². The zero-order valence-corrected chi connectivity index (χ0v) is 14.1. The maximum atomic E-state index is 12.7. The molecule has 1 aliphatic heterocycles. The third kappa shape index (κ3) is 4.45. The van der Waals surface area contributed by atoms with Gasteiger partial charge < -0.3 is 9.80 Å². The van der Waals surface area contributed by atoms with Crippen molar-refractivity contribution in [3.63, 3.8) is 0 Å². The molecule has 0 radical (unpaired) electrons. The van der Waals surface area contributed by atoms with Gasteiger partial charge in [0.05, 0.1) is 5.56 Å². The molecule has 1 heterocycles. The fourth-order valence-electron chi connectivity index (χ4n) is 2.92. The molecule has 0 aromatic heterocycles. The number of nitrogens with zero attached hydrogens (tertiary/aromatic N) is 2. The zero-order chi connectivity index (χ0) is 18.6. The van der Waals surface area contributed by atoms with Gasteiger partial charge in [0.25, 0.3) is 0 Å². The Hall–Kier alpha value is -2.76. The van der Waals surface area contributed by atoms with Crippen LogP contribution < -0.4 is 4.90 Å². The molecular formula is C20H19F3N2O. The van der Waals surface area contributed by atoms with Crippen LogP contribution in [0, 0.1) is 0 Å². The predicted octanol–water partition coefficient (Wildman–Crippen LogP) is 4.07. The van der Waals surface area contributed by atoms with Gasteiger partial charge in [-0.2, -0.15) is 13.2 Å². The van der Waals surface area contributed by atoms with Crippen LogP contribution in [-0.4, -0.2) is 37.0 Å². The number of carbonyl (C=O) groups is 1. The van der Waals surface area contributed by atoms with Gasteiger partial charge in [0.15, 0.2) is 0 Å². The Labute approximate surface area is 150 Å². The van der Waals surface area contributed by atoms with Gasteiger partial charge in [-0.25, -0.2) is 0 Å². The highest BCUT2D eigenvalue weighted by Crippen LogP contribution is 2.29. The summed E-state index contributed by atoms with van der Waals surface area (Å²) in [4.78, 5) is 16.2. The quantitative estimate of drug-likeness (QED) is 0.771. The van der Waals surface area contributed by atoms with E-state index in [0.29, 0.717) is 18.7 Å². The van der Waals surface area contributed by atoms with Crippen molar-refractivity contribution in [1.29, 1.82) is 0 Å². The summed E-state index contributed by atoms with van der Waals surface area (Å²) < 4.78 is 38.2. The van der Waals surface area contributed by atoms with Crippen LogP contribution in [0.5, 0.6) is 0 Å². The van der Waals surface area contributed by atoms with Crippen LogP contribution in [0.1, 0.15) is 11.1 Å². The number of hydrogen-bond acceptors (Lipinski definition) is 2. The van der Waals surface area contributed by atoms with Crippen molar-refractivity contribution >= 4 is 17.7 Å². The van der Waals surface area contributed by atoms with E-state index in [2.05, 4.69) is 4.90 Å². The number of para-hydroxylation sites is 1. The summed E-state index contributed by atoms with van der Waals surface area (Å²) in [6.07, 6.45) is -1.61. The highest BCUT2D eigenvalue weighted by Gasteiger charge is 2.30. The molecule has 3 rings (SSSR count). The summed E-state index contributed by atoms with van der Waals surface area (Å²) in [6, 6.07) is 14.9. The van der Waals surface area contributed by atoms with Crippen molar-refractivity contribution in [3.8, 4) is 0 Å². The van der Waals surface area contributed by atoms with Gasteiger partial charge in [-0.1, -0.05) is 30.3 Å². The average molecular weight is 360 g/mol. The molecule has 0 bridgehead atoms. The molecule has 0 atom stereocenters. The summed E-state index contributed by atoms with van der Waals surface area (Å²) in [5.74, 6) is -0.185. The molecule has 26 heavy (non-hydrogen) atoms. The molecule has 3 nitrogen and oxygen atoms in total. The summed E-state index contributed by atoms with van der Waals surface area (Å²) >= 11 is 0. The van der Waals surface area contributed by atoms with E-state index in [0.717, 1.165) is 30.9 Å². The number of piperazine rings is 1. The molecule has 1 saturated heterocycles. The van der Waals surface area contributed by atoms with E-state index in [-0.39, 0.29) is 5.91 Å². The Balaban J connectivity index is 1.58. The lowest BCUT2D eigenvalue weighted by molar-refractivity contribution is -0.137. The minimum Gasteiger partial charge on any atom is -0.368 e. The van der Waals surface area contributed by atoms with Crippen LogP contribution in [0.2, 0.25) is 0 Å². The summed E-state index contributed by atoms with van der Waals surface area (Å²) in [5.41, 5.74) is 0.763. The number of alkyl halides is 3. The summed E-state index contributed by atoms with van der Waals surface area (Å²) in [6.45, 7) is 2.63. The molecular weight excluding hydrogens is 341 g/mol. The van der Waals surface area contributed by atoms with Gasteiger partial charge in [0, 0.05) is 37.9 Å². The molecule has 2 aromatic carbocycles. The van der Waals surface area contributed by atoms with Crippen LogP contribution >= 0.6 is 0 Å². The zero-order valence-electron chi connectivity index (χ0n) is 14.1. The number of amides is 1. The van der Waals surface area contributed by atoms with E-state index < -0.39 is 11.7 Å². The first-order chi connectivity index (χ1) is 12.4. The second-order valence-corrected chi connectivity index (χ2v) is 6.10. The van der Waals surface area contributed by atoms with Gasteiger partial charge in [-0.15, -0.1) is 0 Å². The Kier molecular flexibility index (Phi) is 5.30. The molecule has 6 heteroatoms. The van der Waals surface area contributed by atoms with Gasteiger partial charge in [-0.05, 0) is 35.9 Å². The molecule has 0 N–H and O–H groups in total. The van der Waals surface area contributed by atoms with Crippen LogP contribution in [0.4, 0.5) is 18.9 Å². The second kappa shape index (κ2) is 7.64. The van der Waals surface area contributed by atoms with Crippen molar-refractivity contribution in [3.05, 3.63) is 71.8 Å². The maximum Gasteiger partial charge on any atom is 0.416 e. The smallest absolute Gasteiger partial charge is 0.368 e. The molecule has 1 aliphatic rings. The monoisotopic (exact) mass is 360 g/mol. The van der Waals surface area contributed by atoms with Crippen molar-refractivity contribution < 1.29 is 18.0 Å². The van der Waals surface area contributed by atoms with Crippen molar-refractivity contribution in [2.24, 2.45) is 0 Å². The summed E-state index contributed by atoms with van der Waals surface area (Å²) in [5, 5.41) is 0. The first-order valence-electron chi connectivity index (χ1n) is 8.38. The minimum atomic E-state index is -4.39. The highest BCUT2D eigenvalue weighted by atomic mass is 19.4. The van der Waals surface area contributed by atoms with Gasteiger partial charge in [0.1, 0.15) is 0 Å². The van der Waals surface area contributed by atoms with E-state index in [1.54, 1.807) is 11.0 Å². The first kappa shape index (κ1) is 18.0. The van der Waals surface area contributed by atoms with Crippen LogP contribution in [-0.2, 0) is 11.0 Å². The number of benzene rings is 2. The van der Waals surface area contributed by atoms with Gasteiger partial charge in [0.2, 0.25) is 5.91 Å². The lowest BCUT2D eigenvalue weighted by atomic mass is 10.1. The normalized spacial score (nSPS) is 15.5. The standard InChI is InChI=1S/C20H19F3N2O/c21-20(22,23)17-6-4-5-16(15-17)9-10-19(26)25-13-11-24(12-14-25)18-7-2-1-3-8-18/h1-10,15H,11-14H2/b10-9+. The average Bonchev–Trinajstić information content (AvgIpc) is 2.66. The number of hydrogen-bond donors (Lipinski definition) is 0. The molecule has 0 saturated carbocycles. The molecule has 1 fully saturated rings. The van der Waals surface area contributed by atoms with Crippen molar-refractivity contribution in [1.82, 2.24) is 4.90 Å². The molecule has 0 unspecified atom stereocenters. The van der Waals surface area contributed by atoms with Crippen LogP contribution in [0.15, 0.2) is 60.7 Å². The number of rotatable bonds is 3. The second-order valence-electron chi connectivity index (χ2n) is 6.10. The number of anilines is 1. The fraction of sp³-hybridized carbons (Fsp3) is 0.250. The van der Waals surface area contributed by atoms with E-state index in [9.17, 15) is 18.0 Å². The topological polar surface area (TPSA) is 23.6 Å². The van der Waals surface area contributed by atoms with Crippen molar-refractivity contribution in [2.75, 3.05) is 31.1 Å². The molecule has 2 aromatic rings. The van der Waals surface area contributed by atoms with Gasteiger partial charge >= 0.3 is 6.18 Å². The van der Waals surface area contributed by atoms with Crippen molar-refractivity contribution in [2.45, 2.75) is 6.18 Å². The minimum absolute atomic E-state index is 0.185. The molecule has 0 spiro atoms. The maximum absolute atomic E-state index is 12.7. The van der Waals surface area contributed by atoms with Crippen LogP contribution in [0.25, 0.3) is 6.08 Å². The summed E-state index contributed by atoms with van der Waals surface area (Å²) in [7, 11) is 0. The highest BCUT2D eigenvalue weighted by molar-refractivity contribution is 5.92. The lowest BCUT2D eigenvalue weighted by Gasteiger charge is -2.35. The number of carbonyl (C=O) groups excluding carboxylic acids is 1. The van der Waals surface area contributed by atoms with E-state index >= 15 is 0 Å². The largest absolute Gasteiger partial charge is 0.416 e. The lowest BCUT2D eigenvalue weighted by Crippen LogP contribution is -2.48. The third-order valence-electron chi connectivity index (χ3n) is 4.34. The van der Waals surface area contributed by atoms with E-state index in [1.165, 1.54) is 18.2 Å². The Morgan fingerprint density at radius 1 is 0.923 bits per heavy atom. The fourth-order valence-corrected chi connectivity index (χ4v) is 2.92. The predicted molar refractivity (Wildman–Crippen MR) is 95.7 cm³/mol. The van der Waals surface area contributed by atoms with Crippen LogP contribution in [0.3, 0.4) is 0 Å². The first-order valence-corrected chi connectivity index (χ1v) is 8.38.